The summed E-state index contributed by atoms with van der Waals surface area (Å²) in [7, 11) is 0. The minimum atomic E-state index is -0.236. The van der Waals surface area contributed by atoms with Gasteiger partial charge in [0, 0.05) is 17.2 Å². The zero-order valence-electron chi connectivity index (χ0n) is 17.1. The van der Waals surface area contributed by atoms with Crippen molar-refractivity contribution in [2.24, 2.45) is 0 Å². The summed E-state index contributed by atoms with van der Waals surface area (Å²) in [5, 5.41) is 4.30. The Labute approximate surface area is 186 Å². The fraction of sp³-hybridized carbons (Fsp3) is 0.0400. The molecule has 0 aliphatic rings. The molecule has 0 N–H and O–H groups in total. The van der Waals surface area contributed by atoms with Crippen LogP contribution in [0.3, 0.4) is 0 Å². The Morgan fingerprint density at radius 1 is 1.00 bits per heavy atom. The van der Waals surface area contributed by atoms with Crippen molar-refractivity contribution >= 4 is 40.3 Å². The summed E-state index contributed by atoms with van der Waals surface area (Å²) in [4.78, 5) is 29.1. The van der Waals surface area contributed by atoms with E-state index in [1.54, 1.807) is 30.4 Å². The summed E-state index contributed by atoms with van der Waals surface area (Å²) < 4.78 is 7.68. The first-order valence-electron chi connectivity index (χ1n) is 9.92. The number of furan rings is 1. The van der Waals surface area contributed by atoms with Crippen LogP contribution in [0.5, 0.6) is 0 Å². The fourth-order valence-corrected chi connectivity index (χ4v) is 4.13. The number of Topliss-reactive ketones (excluding diaryl/α,β-unsaturated/α-hetero) is 1. The van der Waals surface area contributed by atoms with Gasteiger partial charge in [0.05, 0.1) is 0 Å². The molecule has 3 aromatic heterocycles. The Morgan fingerprint density at radius 3 is 2.50 bits per heavy atom. The van der Waals surface area contributed by atoms with Crippen LogP contribution in [0, 0.1) is 0 Å². The highest BCUT2D eigenvalue weighted by Crippen LogP contribution is 2.23. The maximum Gasteiger partial charge on any atom is 0.291 e. The van der Waals surface area contributed by atoms with E-state index in [4.69, 9.17) is 4.42 Å². The number of thiazole rings is 1. The minimum Gasteiger partial charge on any atom is -0.457 e. The van der Waals surface area contributed by atoms with Crippen LogP contribution < -0.4 is 10.1 Å². The van der Waals surface area contributed by atoms with E-state index < -0.39 is 0 Å². The number of rotatable bonds is 5. The van der Waals surface area contributed by atoms with Gasteiger partial charge >= 0.3 is 0 Å². The van der Waals surface area contributed by atoms with Crippen molar-refractivity contribution in [1.29, 1.82) is 0 Å². The normalized spacial score (nSPS) is 12.2. The summed E-state index contributed by atoms with van der Waals surface area (Å²) >= 11 is 1.26. The van der Waals surface area contributed by atoms with Crippen LogP contribution in [-0.2, 0) is 0 Å². The molecule has 0 spiro atoms. The van der Waals surface area contributed by atoms with E-state index in [-0.39, 0.29) is 11.3 Å². The molecule has 7 heteroatoms. The second kappa shape index (κ2) is 8.20. The largest absolute Gasteiger partial charge is 0.457 e. The first kappa shape index (κ1) is 19.8. The van der Waals surface area contributed by atoms with Gasteiger partial charge in [0.25, 0.3) is 5.56 Å². The van der Waals surface area contributed by atoms with Crippen LogP contribution in [0.4, 0.5) is 0 Å². The van der Waals surface area contributed by atoms with Gasteiger partial charge in [-0.1, -0.05) is 72.0 Å². The molecule has 5 rings (SSSR count). The Bertz CT molecular complexity index is 1560. The molecule has 0 fully saturated rings. The highest BCUT2D eigenvalue weighted by atomic mass is 32.1. The predicted octanol–water partition coefficient (Wildman–Crippen LogP) is 4.33. The quantitative estimate of drug-likeness (QED) is 0.381. The molecule has 0 radical (unpaired) electrons. The Hall–Kier alpha value is -4.10. The topological polar surface area (TPSA) is 77.5 Å². The van der Waals surface area contributed by atoms with Gasteiger partial charge in [-0.2, -0.15) is 9.50 Å². The number of fused-ring (bicyclic) bond motifs is 1. The van der Waals surface area contributed by atoms with Crippen LogP contribution in [0.15, 0.2) is 75.9 Å². The monoisotopic (exact) mass is 439 g/mol. The molecule has 0 amide bonds. The van der Waals surface area contributed by atoms with Crippen LogP contribution in [0.25, 0.3) is 34.5 Å². The smallest absolute Gasteiger partial charge is 0.291 e. The molecule has 6 nitrogen and oxygen atoms in total. The lowest BCUT2D eigenvalue weighted by Crippen LogP contribution is -2.23. The van der Waals surface area contributed by atoms with Gasteiger partial charge in [0.15, 0.2) is 11.6 Å². The summed E-state index contributed by atoms with van der Waals surface area (Å²) in [5.74, 6) is 1.72. The lowest BCUT2D eigenvalue weighted by molar-refractivity contribution is 0.101. The summed E-state index contributed by atoms with van der Waals surface area (Å²) in [6.45, 7) is 1.53. The van der Waals surface area contributed by atoms with E-state index in [0.29, 0.717) is 32.4 Å². The van der Waals surface area contributed by atoms with Crippen LogP contribution >= 0.6 is 11.3 Å². The maximum atomic E-state index is 12.7. The van der Waals surface area contributed by atoms with Crippen molar-refractivity contribution in [2.75, 3.05) is 0 Å². The molecule has 0 aliphatic carbocycles. The molecule has 0 saturated carbocycles. The van der Waals surface area contributed by atoms with Gasteiger partial charge in [-0.3, -0.25) is 9.59 Å². The summed E-state index contributed by atoms with van der Waals surface area (Å²) in [5.41, 5.74) is 2.30. The molecule has 2 aromatic carbocycles. The second-order valence-corrected chi connectivity index (χ2v) is 8.17. The van der Waals surface area contributed by atoms with Crippen LogP contribution in [-0.4, -0.2) is 20.4 Å². The van der Waals surface area contributed by atoms with Crippen molar-refractivity contribution in [3.8, 4) is 11.3 Å². The second-order valence-electron chi connectivity index (χ2n) is 7.16. The third kappa shape index (κ3) is 3.93. The zero-order chi connectivity index (χ0) is 22.1. The molecule has 0 aliphatic heterocycles. The van der Waals surface area contributed by atoms with E-state index in [1.807, 2.05) is 54.6 Å². The van der Waals surface area contributed by atoms with Crippen molar-refractivity contribution in [3.05, 3.63) is 104 Å². The van der Waals surface area contributed by atoms with Gasteiger partial charge in [-0.25, -0.2) is 0 Å². The molecule has 3 heterocycles. The number of carbonyl (C=O) groups excluding carboxylic acids is 1. The molecular weight excluding hydrogens is 422 g/mol. The molecule has 32 heavy (non-hydrogen) atoms. The van der Waals surface area contributed by atoms with Gasteiger partial charge in [0.2, 0.25) is 4.96 Å². The van der Waals surface area contributed by atoms with E-state index in [0.717, 1.165) is 11.1 Å². The van der Waals surface area contributed by atoms with E-state index in [1.165, 1.54) is 22.8 Å². The van der Waals surface area contributed by atoms with Gasteiger partial charge in [-0.05, 0) is 30.7 Å². The Kier molecular flexibility index (Phi) is 5.09. The summed E-state index contributed by atoms with van der Waals surface area (Å²) in [6, 6.07) is 20.7. The molecule has 156 valence electrons. The number of hydrogen-bond donors (Lipinski definition) is 0. The van der Waals surface area contributed by atoms with Crippen LogP contribution in [0.2, 0.25) is 0 Å². The lowest BCUT2D eigenvalue weighted by atomic mass is 10.1. The molecule has 5 aromatic rings. The van der Waals surface area contributed by atoms with Crippen molar-refractivity contribution in [1.82, 2.24) is 14.6 Å². The molecule has 0 saturated heterocycles. The average Bonchev–Trinajstić information content (AvgIpc) is 3.51. The molecule has 0 bridgehead atoms. The average molecular weight is 439 g/mol. The number of benzene rings is 2. The van der Waals surface area contributed by atoms with Crippen LogP contribution in [0.1, 0.15) is 34.4 Å². The van der Waals surface area contributed by atoms with E-state index >= 15 is 0 Å². The highest BCUT2D eigenvalue weighted by molar-refractivity contribution is 7.15. The first-order chi connectivity index (χ1) is 15.6. The van der Waals surface area contributed by atoms with Crippen molar-refractivity contribution < 1.29 is 9.21 Å². The molecule has 0 unspecified atom stereocenters. The molecular formula is C25H17N3O3S. The van der Waals surface area contributed by atoms with Gasteiger partial charge < -0.3 is 4.42 Å². The SMILES string of the molecule is CC(=O)c1ccc(-c2ccc(C=c3sc4nc(C=Cc5ccccc5)nn4c3=O)o2)cc1. The third-order valence-electron chi connectivity index (χ3n) is 4.90. The van der Waals surface area contributed by atoms with Crippen molar-refractivity contribution in [3.63, 3.8) is 0 Å². The van der Waals surface area contributed by atoms with E-state index in [9.17, 15) is 9.59 Å². The standard InChI is InChI=1S/C25H17N3O3S/c1-16(29)18-8-10-19(11-9-18)21-13-12-20(31-21)15-22-24(30)28-25(32-22)26-23(27-28)14-7-17-5-3-2-4-6-17/h2-15H,1H3. The Morgan fingerprint density at radius 2 is 1.78 bits per heavy atom. The van der Waals surface area contributed by atoms with Gasteiger partial charge in [-0.15, -0.1) is 5.10 Å². The predicted molar refractivity (Wildman–Crippen MR) is 125 cm³/mol. The number of nitrogens with zero attached hydrogens (tertiary/aromatic N) is 3. The first-order valence-corrected chi connectivity index (χ1v) is 10.7. The lowest BCUT2D eigenvalue weighted by Gasteiger charge is -1.98. The highest BCUT2D eigenvalue weighted by Gasteiger charge is 2.10. The zero-order valence-corrected chi connectivity index (χ0v) is 17.9. The van der Waals surface area contributed by atoms with Crippen molar-refractivity contribution in [2.45, 2.75) is 6.92 Å². The number of ketones is 1. The van der Waals surface area contributed by atoms with Gasteiger partial charge in [0.1, 0.15) is 16.1 Å². The maximum absolute atomic E-state index is 12.7. The van der Waals surface area contributed by atoms with E-state index in [2.05, 4.69) is 10.1 Å². The number of aromatic nitrogens is 3. The number of carbonyl (C=O) groups is 1. The fourth-order valence-electron chi connectivity index (χ4n) is 3.24. The molecule has 0 atom stereocenters. The summed E-state index contributed by atoms with van der Waals surface area (Å²) in [6.07, 6.45) is 5.38. The third-order valence-corrected chi connectivity index (χ3v) is 5.86. The number of hydrogen-bond acceptors (Lipinski definition) is 6. The minimum absolute atomic E-state index is 0.0167. The Balaban J connectivity index is 1.41.